The van der Waals surface area contributed by atoms with Crippen LogP contribution in [-0.2, 0) is 14.8 Å². The average molecular weight is 415 g/mol. The lowest BCUT2D eigenvalue weighted by molar-refractivity contribution is -0.119. The van der Waals surface area contributed by atoms with Gasteiger partial charge >= 0.3 is 0 Å². The van der Waals surface area contributed by atoms with Crippen LogP contribution in [0.4, 0.5) is 5.69 Å². The molecule has 0 saturated carbocycles. The van der Waals surface area contributed by atoms with Crippen LogP contribution in [0.1, 0.15) is 10.4 Å². The van der Waals surface area contributed by atoms with Crippen LogP contribution in [0, 0.1) is 12.3 Å². The summed E-state index contributed by atoms with van der Waals surface area (Å²) in [5.41, 5.74) is 0.600. The summed E-state index contributed by atoms with van der Waals surface area (Å²) < 4.78 is 32.1. The Hall–Kier alpha value is -3.51. The number of carbonyl (C=O) groups excluding carboxylic acids is 2. The van der Waals surface area contributed by atoms with Gasteiger partial charge < -0.3 is 15.4 Å². The quantitative estimate of drug-likeness (QED) is 0.626. The Balaban J connectivity index is 2.13. The summed E-state index contributed by atoms with van der Waals surface area (Å²) in [6.07, 6.45) is 5.04. The van der Waals surface area contributed by atoms with Crippen molar-refractivity contribution < 1.29 is 22.7 Å². The zero-order valence-corrected chi connectivity index (χ0v) is 16.8. The largest absolute Gasteiger partial charge is 0.495 e. The molecule has 0 fully saturated rings. The minimum atomic E-state index is -3.86. The van der Waals surface area contributed by atoms with E-state index in [0.717, 1.165) is 4.31 Å². The number of terminal acetylenes is 1. The van der Waals surface area contributed by atoms with Crippen molar-refractivity contribution in [3.8, 4) is 18.1 Å². The average Bonchev–Trinajstić information content (AvgIpc) is 2.75. The van der Waals surface area contributed by atoms with E-state index in [0.29, 0.717) is 11.4 Å². The number of benzene rings is 2. The van der Waals surface area contributed by atoms with Gasteiger partial charge in [0.2, 0.25) is 5.91 Å². The fraction of sp³-hybridized carbons (Fsp3) is 0.200. The van der Waals surface area contributed by atoms with Crippen molar-refractivity contribution in [2.75, 3.05) is 31.6 Å². The maximum Gasteiger partial charge on any atom is 0.264 e. The van der Waals surface area contributed by atoms with Gasteiger partial charge in [-0.1, -0.05) is 18.1 Å². The van der Waals surface area contributed by atoms with Gasteiger partial charge in [-0.05, 0) is 36.4 Å². The van der Waals surface area contributed by atoms with Crippen molar-refractivity contribution in [2.24, 2.45) is 0 Å². The van der Waals surface area contributed by atoms with Crippen LogP contribution in [0.3, 0.4) is 0 Å². The van der Waals surface area contributed by atoms with Crippen molar-refractivity contribution in [1.29, 1.82) is 0 Å². The molecule has 0 aromatic heterocycles. The van der Waals surface area contributed by atoms with Crippen molar-refractivity contribution in [1.82, 2.24) is 10.6 Å². The van der Waals surface area contributed by atoms with Gasteiger partial charge in [0.15, 0.2) is 0 Å². The highest BCUT2D eigenvalue weighted by molar-refractivity contribution is 7.92. The second-order valence-electron chi connectivity index (χ2n) is 5.83. The first-order chi connectivity index (χ1) is 13.8. The third-order valence-corrected chi connectivity index (χ3v) is 5.78. The Kier molecular flexibility index (Phi) is 7.22. The molecule has 2 rings (SSSR count). The molecule has 29 heavy (non-hydrogen) atoms. The van der Waals surface area contributed by atoms with E-state index in [1.807, 2.05) is 0 Å². The number of rotatable bonds is 8. The molecule has 0 spiro atoms. The number of anilines is 1. The third-order valence-electron chi connectivity index (χ3n) is 4.00. The van der Waals surface area contributed by atoms with Gasteiger partial charge in [0.25, 0.3) is 15.9 Å². The number of sulfonamides is 1. The van der Waals surface area contributed by atoms with Crippen LogP contribution in [0.5, 0.6) is 5.75 Å². The molecular formula is C20H21N3O5S. The summed E-state index contributed by atoms with van der Waals surface area (Å²) in [7, 11) is -0.987. The highest BCUT2D eigenvalue weighted by Crippen LogP contribution is 2.30. The number of methoxy groups -OCH3 is 1. The third kappa shape index (κ3) is 5.27. The number of hydrogen-bond donors (Lipinski definition) is 2. The molecular weight excluding hydrogens is 394 g/mol. The van der Waals surface area contributed by atoms with Gasteiger partial charge in [-0.3, -0.25) is 13.9 Å². The molecule has 0 unspecified atom stereocenters. The summed E-state index contributed by atoms with van der Waals surface area (Å²) in [6, 6.07) is 12.1. The van der Waals surface area contributed by atoms with Gasteiger partial charge in [0.05, 0.1) is 30.8 Å². The minimum absolute atomic E-state index is 0.00854. The van der Waals surface area contributed by atoms with Gasteiger partial charge in [-0.25, -0.2) is 8.42 Å². The van der Waals surface area contributed by atoms with Crippen LogP contribution in [0.15, 0.2) is 53.4 Å². The SMILES string of the molecule is C#CCNC(=O)CNC(=O)c1ccc(S(=O)(=O)N(C)c2ccccc2OC)cc1. The first-order valence-corrected chi connectivity index (χ1v) is 9.95. The molecule has 0 atom stereocenters. The van der Waals surface area contributed by atoms with Crippen molar-refractivity contribution >= 4 is 27.5 Å². The monoisotopic (exact) mass is 415 g/mol. The van der Waals surface area contributed by atoms with Crippen LogP contribution >= 0.6 is 0 Å². The Morgan fingerprint density at radius 1 is 1.10 bits per heavy atom. The van der Waals surface area contributed by atoms with Crippen LogP contribution < -0.4 is 19.7 Å². The summed E-state index contributed by atoms with van der Waals surface area (Å²) >= 11 is 0. The lowest BCUT2D eigenvalue weighted by Gasteiger charge is -2.21. The molecule has 0 bridgehead atoms. The fourth-order valence-corrected chi connectivity index (χ4v) is 3.64. The molecule has 2 aromatic carbocycles. The summed E-state index contributed by atoms with van der Waals surface area (Å²) in [4.78, 5) is 23.6. The first kappa shape index (κ1) is 21.8. The molecule has 2 aromatic rings. The zero-order valence-electron chi connectivity index (χ0n) is 16.0. The number of hydrogen-bond acceptors (Lipinski definition) is 5. The van der Waals surface area contributed by atoms with Gasteiger partial charge in [0.1, 0.15) is 5.75 Å². The Labute approximate surface area is 169 Å². The van der Waals surface area contributed by atoms with Gasteiger partial charge in [-0.15, -0.1) is 6.42 Å². The standard InChI is InChI=1S/C20H21N3O5S/c1-4-13-21-19(24)14-22-20(25)15-9-11-16(12-10-15)29(26,27)23(2)17-7-5-6-8-18(17)28-3/h1,5-12H,13-14H2,2-3H3,(H,21,24)(H,22,25). The summed E-state index contributed by atoms with van der Waals surface area (Å²) in [6.45, 7) is -0.169. The molecule has 0 saturated heterocycles. The van der Waals surface area contributed by atoms with E-state index in [1.165, 1.54) is 38.4 Å². The number of carbonyl (C=O) groups is 2. The fourth-order valence-electron chi connectivity index (χ4n) is 2.43. The number of para-hydroxylation sites is 2. The van der Waals surface area contributed by atoms with Crippen LogP contribution in [0.2, 0.25) is 0 Å². The molecule has 8 nitrogen and oxygen atoms in total. The molecule has 0 aliphatic rings. The predicted octanol–water partition coefficient (Wildman–Crippen LogP) is 1.000. The second kappa shape index (κ2) is 9.61. The normalized spacial score (nSPS) is 10.5. The first-order valence-electron chi connectivity index (χ1n) is 8.51. The Morgan fingerprint density at radius 2 is 1.76 bits per heavy atom. The maximum atomic E-state index is 12.9. The van der Waals surface area contributed by atoms with Gasteiger partial charge in [0, 0.05) is 12.6 Å². The number of nitrogens with zero attached hydrogens (tertiary/aromatic N) is 1. The van der Waals surface area contributed by atoms with E-state index in [1.54, 1.807) is 24.3 Å². The van der Waals surface area contributed by atoms with E-state index < -0.39 is 21.8 Å². The molecule has 9 heteroatoms. The maximum absolute atomic E-state index is 12.9. The van der Waals surface area contributed by atoms with E-state index in [-0.39, 0.29) is 23.5 Å². The highest BCUT2D eigenvalue weighted by Gasteiger charge is 2.24. The van der Waals surface area contributed by atoms with Crippen molar-refractivity contribution in [3.63, 3.8) is 0 Å². The number of ether oxygens (including phenoxy) is 1. The van der Waals surface area contributed by atoms with Crippen LogP contribution in [0.25, 0.3) is 0 Å². The lowest BCUT2D eigenvalue weighted by Crippen LogP contribution is -2.37. The molecule has 152 valence electrons. The molecule has 0 aliphatic heterocycles. The topological polar surface area (TPSA) is 105 Å². The summed E-state index contributed by atoms with van der Waals surface area (Å²) in [5.74, 6) is 1.73. The van der Waals surface area contributed by atoms with Crippen molar-refractivity contribution in [2.45, 2.75) is 4.90 Å². The van der Waals surface area contributed by atoms with E-state index in [9.17, 15) is 18.0 Å². The summed E-state index contributed by atoms with van der Waals surface area (Å²) in [5, 5.41) is 4.85. The van der Waals surface area contributed by atoms with E-state index in [2.05, 4.69) is 16.6 Å². The zero-order chi connectivity index (χ0) is 21.4. The molecule has 0 aliphatic carbocycles. The lowest BCUT2D eigenvalue weighted by atomic mass is 10.2. The number of amides is 2. The smallest absolute Gasteiger partial charge is 0.264 e. The highest BCUT2D eigenvalue weighted by atomic mass is 32.2. The van der Waals surface area contributed by atoms with Gasteiger partial charge in [-0.2, -0.15) is 0 Å². The van der Waals surface area contributed by atoms with Crippen LogP contribution in [-0.4, -0.2) is 47.5 Å². The second-order valence-corrected chi connectivity index (χ2v) is 7.80. The Morgan fingerprint density at radius 3 is 2.38 bits per heavy atom. The van der Waals surface area contributed by atoms with Crippen molar-refractivity contribution in [3.05, 3.63) is 54.1 Å². The van der Waals surface area contributed by atoms with E-state index in [4.69, 9.17) is 11.2 Å². The van der Waals surface area contributed by atoms with E-state index >= 15 is 0 Å². The molecule has 0 radical (unpaired) electrons. The predicted molar refractivity (Wildman–Crippen MR) is 109 cm³/mol. The number of nitrogens with one attached hydrogen (secondary N) is 2. The Bertz CT molecular complexity index is 1030. The molecule has 2 amide bonds. The molecule has 2 N–H and O–H groups in total. The minimum Gasteiger partial charge on any atom is -0.495 e. The molecule has 0 heterocycles.